The van der Waals surface area contributed by atoms with Crippen LogP contribution in [0.2, 0.25) is 0 Å². The highest BCUT2D eigenvalue weighted by Gasteiger charge is 2.36. The minimum atomic E-state index is -4.63. The van der Waals surface area contributed by atoms with E-state index in [1.54, 1.807) is 7.05 Å². The molecule has 1 aliphatic rings. The number of methoxy groups -OCH3 is 1. The second-order valence-electron chi connectivity index (χ2n) is 6.21. The molecule has 1 heterocycles. The highest BCUT2D eigenvalue weighted by atomic mass is 19.4. The van der Waals surface area contributed by atoms with Gasteiger partial charge in [-0.25, -0.2) is 0 Å². The van der Waals surface area contributed by atoms with E-state index in [1.165, 1.54) is 18.1 Å². The van der Waals surface area contributed by atoms with Crippen molar-refractivity contribution in [2.45, 2.75) is 31.9 Å². The van der Waals surface area contributed by atoms with Gasteiger partial charge in [-0.3, -0.25) is 9.59 Å². The number of carbonyl (C=O) groups excluding carboxylic acids is 1. The van der Waals surface area contributed by atoms with Crippen molar-refractivity contribution in [1.82, 2.24) is 4.98 Å². The fourth-order valence-electron chi connectivity index (χ4n) is 3.32. The van der Waals surface area contributed by atoms with Crippen LogP contribution in [-0.2, 0) is 15.7 Å². The Balaban J connectivity index is 2.14. The molecule has 1 saturated carbocycles. The van der Waals surface area contributed by atoms with Gasteiger partial charge in [-0.1, -0.05) is 6.42 Å². The Hall–Kier alpha value is -1.99. The van der Waals surface area contributed by atoms with Gasteiger partial charge in [0.25, 0.3) is 0 Å². The van der Waals surface area contributed by atoms with Crippen molar-refractivity contribution < 1.29 is 22.7 Å². The smallest absolute Gasteiger partial charge is 0.433 e. The highest BCUT2D eigenvalue weighted by molar-refractivity contribution is 5.72. The van der Waals surface area contributed by atoms with Crippen LogP contribution in [0.5, 0.6) is 0 Å². The summed E-state index contributed by atoms with van der Waals surface area (Å²) >= 11 is 0. The Morgan fingerprint density at radius 2 is 2.08 bits per heavy atom. The zero-order valence-corrected chi connectivity index (χ0v) is 13.7. The lowest BCUT2D eigenvalue weighted by molar-refractivity contribution is -0.147. The second kappa shape index (κ2) is 7.27. The van der Waals surface area contributed by atoms with Crippen LogP contribution in [0.3, 0.4) is 0 Å². The number of hydrogen-bond acceptors (Lipinski definition) is 4. The van der Waals surface area contributed by atoms with Gasteiger partial charge in [0.1, 0.15) is 5.69 Å². The number of nitrogens with one attached hydrogen (secondary N) is 1. The lowest BCUT2D eigenvalue weighted by atomic mass is 9.81. The molecular formula is C16H21F3N2O3. The molecular weight excluding hydrogens is 325 g/mol. The lowest BCUT2D eigenvalue weighted by Gasteiger charge is -2.32. The molecule has 5 nitrogen and oxygen atoms in total. The Morgan fingerprint density at radius 3 is 2.71 bits per heavy atom. The van der Waals surface area contributed by atoms with E-state index in [9.17, 15) is 22.8 Å². The monoisotopic (exact) mass is 346 g/mol. The molecule has 134 valence electrons. The Kier molecular flexibility index (Phi) is 5.56. The number of aromatic amines is 1. The summed E-state index contributed by atoms with van der Waals surface area (Å²) < 4.78 is 44.1. The third-order valence-corrected chi connectivity index (χ3v) is 4.44. The van der Waals surface area contributed by atoms with Gasteiger partial charge in [0.2, 0.25) is 5.56 Å². The molecule has 0 aliphatic heterocycles. The molecule has 0 bridgehead atoms. The third-order valence-electron chi connectivity index (χ3n) is 4.44. The van der Waals surface area contributed by atoms with E-state index >= 15 is 0 Å². The van der Waals surface area contributed by atoms with Crippen molar-refractivity contribution in [3.05, 3.63) is 28.2 Å². The number of pyridine rings is 1. The maximum absolute atomic E-state index is 13.1. The van der Waals surface area contributed by atoms with E-state index < -0.39 is 17.4 Å². The molecule has 24 heavy (non-hydrogen) atoms. The third kappa shape index (κ3) is 4.30. The molecule has 0 aromatic carbocycles. The molecule has 1 fully saturated rings. The standard InChI is InChI=1S/C16H21F3N2O3/c1-21(9-10-4-3-5-11(8-10)15(23)24-2)12-6-7-13(22)20-14(12)16(17,18)19/h6-7,10-11H,3-5,8-9H2,1-2H3,(H,20,22). The first-order chi connectivity index (χ1) is 11.2. The minimum absolute atomic E-state index is 0.0673. The number of H-pyrrole nitrogens is 1. The molecule has 1 aromatic heterocycles. The number of halogens is 3. The van der Waals surface area contributed by atoms with Crippen LogP contribution in [-0.4, -0.2) is 31.7 Å². The summed E-state index contributed by atoms with van der Waals surface area (Å²) in [6.45, 7) is 0.378. The number of hydrogen-bond donors (Lipinski definition) is 1. The van der Waals surface area contributed by atoms with Crippen LogP contribution in [0.1, 0.15) is 31.4 Å². The van der Waals surface area contributed by atoms with E-state index in [-0.39, 0.29) is 23.5 Å². The number of anilines is 1. The first kappa shape index (κ1) is 18.4. The Bertz CT molecular complexity index is 642. The van der Waals surface area contributed by atoms with Crippen molar-refractivity contribution in [1.29, 1.82) is 0 Å². The quantitative estimate of drug-likeness (QED) is 0.852. The first-order valence-electron chi connectivity index (χ1n) is 7.82. The van der Waals surface area contributed by atoms with Crippen LogP contribution in [0.4, 0.5) is 18.9 Å². The largest absolute Gasteiger partial charge is 0.469 e. The minimum Gasteiger partial charge on any atom is -0.469 e. The van der Waals surface area contributed by atoms with Crippen LogP contribution in [0.15, 0.2) is 16.9 Å². The number of rotatable bonds is 4. The van der Waals surface area contributed by atoms with Crippen LogP contribution < -0.4 is 10.5 Å². The van der Waals surface area contributed by atoms with Gasteiger partial charge < -0.3 is 14.6 Å². The summed E-state index contributed by atoms with van der Waals surface area (Å²) in [5.41, 5.74) is -1.90. The van der Waals surface area contributed by atoms with Gasteiger partial charge in [0.15, 0.2) is 0 Å². The van der Waals surface area contributed by atoms with E-state index in [2.05, 4.69) is 0 Å². The van der Waals surface area contributed by atoms with Gasteiger partial charge in [0.05, 0.1) is 18.7 Å². The summed E-state index contributed by atoms with van der Waals surface area (Å²) in [4.78, 5) is 26.3. The average Bonchev–Trinajstić information content (AvgIpc) is 2.53. The summed E-state index contributed by atoms with van der Waals surface area (Å²) in [5.74, 6) is -0.358. The maximum atomic E-state index is 13.1. The zero-order chi connectivity index (χ0) is 17.9. The fraction of sp³-hybridized carbons (Fsp3) is 0.625. The summed E-state index contributed by atoms with van der Waals surface area (Å²) in [7, 11) is 2.90. The van der Waals surface area contributed by atoms with Gasteiger partial charge in [-0.15, -0.1) is 0 Å². The average molecular weight is 346 g/mol. The number of ether oxygens (including phenoxy) is 1. The van der Waals surface area contributed by atoms with Crippen molar-refractivity contribution in [2.24, 2.45) is 11.8 Å². The van der Waals surface area contributed by atoms with Gasteiger partial charge >= 0.3 is 12.1 Å². The van der Waals surface area contributed by atoms with E-state index in [1.807, 2.05) is 4.98 Å². The van der Waals surface area contributed by atoms with Crippen LogP contribution in [0, 0.1) is 11.8 Å². The number of nitrogens with zero attached hydrogens (tertiary/aromatic N) is 1. The van der Waals surface area contributed by atoms with E-state index in [0.29, 0.717) is 13.0 Å². The van der Waals surface area contributed by atoms with Crippen molar-refractivity contribution in [3.63, 3.8) is 0 Å². The molecule has 0 radical (unpaired) electrons. The molecule has 8 heteroatoms. The van der Waals surface area contributed by atoms with Crippen molar-refractivity contribution in [2.75, 3.05) is 25.6 Å². The predicted octanol–water partition coefficient (Wildman–Crippen LogP) is 2.81. The summed E-state index contributed by atoms with van der Waals surface area (Å²) in [5, 5.41) is 0. The number of alkyl halides is 3. The van der Waals surface area contributed by atoms with Crippen LogP contribution >= 0.6 is 0 Å². The first-order valence-corrected chi connectivity index (χ1v) is 7.82. The maximum Gasteiger partial charge on any atom is 0.433 e. The normalized spacial score (nSPS) is 21.4. The molecule has 1 aliphatic carbocycles. The number of esters is 1. The molecule has 2 atom stereocenters. The van der Waals surface area contributed by atoms with Gasteiger partial charge in [-0.05, 0) is 31.2 Å². The zero-order valence-electron chi connectivity index (χ0n) is 13.7. The molecule has 0 amide bonds. The predicted molar refractivity (Wildman–Crippen MR) is 82.8 cm³/mol. The second-order valence-corrected chi connectivity index (χ2v) is 6.21. The fourth-order valence-corrected chi connectivity index (χ4v) is 3.32. The lowest BCUT2D eigenvalue weighted by Crippen LogP contribution is -2.33. The van der Waals surface area contributed by atoms with Gasteiger partial charge in [0, 0.05) is 19.7 Å². The molecule has 0 spiro atoms. The molecule has 2 unspecified atom stereocenters. The number of aromatic nitrogens is 1. The molecule has 2 rings (SSSR count). The van der Waals surface area contributed by atoms with Crippen molar-refractivity contribution >= 4 is 11.7 Å². The Morgan fingerprint density at radius 1 is 1.38 bits per heavy atom. The summed E-state index contributed by atoms with van der Waals surface area (Å²) in [6.07, 6.45) is -1.59. The molecule has 1 aromatic rings. The van der Waals surface area contributed by atoms with Crippen molar-refractivity contribution in [3.8, 4) is 0 Å². The van der Waals surface area contributed by atoms with Crippen LogP contribution in [0.25, 0.3) is 0 Å². The number of carbonyl (C=O) groups is 1. The summed E-state index contributed by atoms with van der Waals surface area (Å²) in [6, 6.07) is 2.27. The molecule has 1 N–H and O–H groups in total. The SMILES string of the molecule is COC(=O)C1CCCC(CN(C)c2ccc(=O)[nH]c2C(F)(F)F)C1. The Labute approximate surface area is 137 Å². The van der Waals surface area contributed by atoms with E-state index in [0.717, 1.165) is 25.3 Å². The highest BCUT2D eigenvalue weighted by Crippen LogP contribution is 2.35. The molecule has 0 saturated heterocycles. The van der Waals surface area contributed by atoms with Gasteiger partial charge in [-0.2, -0.15) is 13.2 Å². The van der Waals surface area contributed by atoms with E-state index in [4.69, 9.17) is 4.74 Å². The topological polar surface area (TPSA) is 62.4 Å².